The summed E-state index contributed by atoms with van der Waals surface area (Å²) in [7, 11) is -3.68. The summed E-state index contributed by atoms with van der Waals surface area (Å²) in [6.07, 6.45) is 0.974. The van der Waals surface area contributed by atoms with Gasteiger partial charge in [0.15, 0.2) is 0 Å². The van der Waals surface area contributed by atoms with Crippen LogP contribution in [0, 0.1) is 13.8 Å². The van der Waals surface area contributed by atoms with Crippen molar-refractivity contribution in [1.82, 2.24) is 4.72 Å². The van der Waals surface area contributed by atoms with Gasteiger partial charge in [-0.3, -0.25) is 0 Å². The van der Waals surface area contributed by atoms with Gasteiger partial charge in [0.05, 0.1) is 10.5 Å². The van der Waals surface area contributed by atoms with Crippen LogP contribution in [0.15, 0.2) is 17.0 Å². The molecule has 5 nitrogen and oxygen atoms in total. The van der Waals surface area contributed by atoms with E-state index in [9.17, 15) is 13.5 Å². The summed E-state index contributed by atoms with van der Waals surface area (Å²) in [5.74, 6) is 0. The van der Waals surface area contributed by atoms with Gasteiger partial charge < -0.3 is 10.8 Å². The zero-order valence-electron chi connectivity index (χ0n) is 12.5. The number of sulfonamides is 1. The molecule has 6 heteroatoms. The molecule has 0 aliphatic heterocycles. The number of anilines is 1. The zero-order valence-corrected chi connectivity index (χ0v) is 13.3. The number of nitrogens with two attached hydrogens (primary N) is 1. The number of aryl methyl sites for hydroxylation is 1. The second-order valence-electron chi connectivity index (χ2n) is 5.22. The lowest BCUT2D eigenvalue weighted by molar-refractivity contribution is 0.0377. The van der Waals surface area contributed by atoms with E-state index in [4.69, 9.17) is 5.73 Å². The van der Waals surface area contributed by atoms with E-state index in [1.165, 1.54) is 6.07 Å². The molecule has 4 N–H and O–H groups in total. The number of aliphatic hydroxyl groups is 1. The molecule has 1 aromatic rings. The molecular weight excluding hydrogens is 276 g/mol. The highest BCUT2D eigenvalue weighted by atomic mass is 32.2. The van der Waals surface area contributed by atoms with Gasteiger partial charge in [0.1, 0.15) is 0 Å². The topological polar surface area (TPSA) is 92.4 Å². The summed E-state index contributed by atoms with van der Waals surface area (Å²) in [5, 5.41) is 10.2. The minimum atomic E-state index is -3.68. The first-order chi connectivity index (χ1) is 9.15. The molecule has 20 heavy (non-hydrogen) atoms. The summed E-state index contributed by atoms with van der Waals surface area (Å²) in [6, 6.07) is 3.18. The quantitative estimate of drug-likeness (QED) is 0.697. The number of rotatable bonds is 6. The fourth-order valence-electron chi connectivity index (χ4n) is 1.94. The molecule has 0 saturated heterocycles. The van der Waals surface area contributed by atoms with Crippen LogP contribution in [-0.2, 0) is 10.0 Å². The lowest BCUT2D eigenvalue weighted by Crippen LogP contribution is -2.42. The van der Waals surface area contributed by atoms with Gasteiger partial charge in [-0.1, -0.05) is 13.8 Å². The molecule has 0 spiro atoms. The average Bonchev–Trinajstić information content (AvgIpc) is 2.40. The van der Waals surface area contributed by atoms with Gasteiger partial charge >= 0.3 is 0 Å². The number of hydrogen-bond donors (Lipinski definition) is 3. The second-order valence-corrected chi connectivity index (χ2v) is 6.95. The molecule has 1 rings (SSSR count). The molecule has 0 fully saturated rings. The highest BCUT2D eigenvalue weighted by Crippen LogP contribution is 2.23. The van der Waals surface area contributed by atoms with E-state index in [0.717, 1.165) is 5.56 Å². The second kappa shape index (κ2) is 6.11. The van der Waals surface area contributed by atoms with Crippen molar-refractivity contribution in [2.24, 2.45) is 0 Å². The van der Waals surface area contributed by atoms with Crippen molar-refractivity contribution in [1.29, 1.82) is 0 Å². The van der Waals surface area contributed by atoms with E-state index >= 15 is 0 Å². The number of nitrogens with one attached hydrogen (secondary N) is 1. The van der Waals surface area contributed by atoms with Crippen molar-refractivity contribution in [2.45, 2.75) is 51.0 Å². The highest BCUT2D eigenvalue weighted by Gasteiger charge is 2.26. The zero-order chi connectivity index (χ0) is 15.6. The molecule has 0 radical (unpaired) electrons. The smallest absolute Gasteiger partial charge is 0.241 e. The Kier molecular flexibility index (Phi) is 5.18. The molecule has 0 saturated carbocycles. The maximum Gasteiger partial charge on any atom is 0.241 e. The lowest BCUT2D eigenvalue weighted by atomic mass is 9.98. The van der Waals surface area contributed by atoms with Crippen LogP contribution in [0.25, 0.3) is 0 Å². The van der Waals surface area contributed by atoms with Crippen LogP contribution in [0.5, 0.6) is 0 Å². The molecule has 0 aliphatic carbocycles. The number of benzene rings is 1. The van der Waals surface area contributed by atoms with Crippen LogP contribution < -0.4 is 10.5 Å². The van der Waals surface area contributed by atoms with Crippen LogP contribution in [0.4, 0.5) is 5.69 Å². The Bertz CT molecular complexity index is 578. The third kappa shape index (κ3) is 3.71. The molecule has 0 bridgehead atoms. The van der Waals surface area contributed by atoms with Gasteiger partial charge in [-0.05, 0) is 49.9 Å². The first-order valence-electron chi connectivity index (χ1n) is 6.74. The van der Waals surface area contributed by atoms with Crippen LogP contribution in [0.2, 0.25) is 0 Å². The van der Waals surface area contributed by atoms with Gasteiger partial charge in [-0.15, -0.1) is 0 Å². The van der Waals surface area contributed by atoms with Crippen molar-refractivity contribution < 1.29 is 13.5 Å². The van der Waals surface area contributed by atoms with Crippen molar-refractivity contribution in [3.63, 3.8) is 0 Å². The average molecular weight is 300 g/mol. The maximum absolute atomic E-state index is 12.4. The molecule has 0 aliphatic rings. The number of nitrogen functional groups attached to an aromatic ring is 1. The summed E-state index contributed by atoms with van der Waals surface area (Å²) in [6.45, 7) is 7.21. The summed E-state index contributed by atoms with van der Waals surface area (Å²) in [5.41, 5.74) is 6.61. The van der Waals surface area contributed by atoms with Gasteiger partial charge in [-0.25, -0.2) is 13.1 Å². The monoisotopic (exact) mass is 300 g/mol. The summed E-state index contributed by atoms with van der Waals surface area (Å²) < 4.78 is 27.2. The molecule has 0 amide bonds. The molecule has 0 unspecified atom stereocenters. The van der Waals surface area contributed by atoms with E-state index in [0.29, 0.717) is 24.1 Å². The Morgan fingerprint density at radius 3 is 2.30 bits per heavy atom. The van der Waals surface area contributed by atoms with Crippen molar-refractivity contribution in [3.8, 4) is 0 Å². The fourth-order valence-corrected chi connectivity index (χ4v) is 3.41. The highest BCUT2D eigenvalue weighted by molar-refractivity contribution is 7.89. The molecule has 0 aromatic heterocycles. The van der Waals surface area contributed by atoms with Gasteiger partial charge in [0, 0.05) is 12.2 Å². The third-order valence-electron chi connectivity index (χ3n) is 3.84. The van der Waals surface area contributed by atoms with Crippen molar-refractivity contribution >= 4 is 15.7 Å². The first kappa shape index (κ1) is 16.9. The van der Waals surface area contributed by atoms with Crippen molar-refractivity contribution in [2.75, 3.05) is 12.3 Å². The minimum absolute atomic E-state index is 0.00435. The van der Waals surface area contributed by atoms with Crippen LogP contribution >= 0.6 is 0 Å². The number of hydrogen-bond acceptors (Lipinski definition) is 4. The predicted molar refractivity (Wildman–Crippen MR) is 81.0 cm³/mol. The van der Waals surface area contributed by atoms with E-state index < -0.39 is 15.6 Å². The summed E-state index contributed by atoms with van der Waals surface area (Å²) >= 11 is 0. The molecule has 0 heterocycles. The van der Waals surface area contributed by atoms with E-state index in [1.54, 1.807) is 13.0 Å². The van der Waals surface area contributed by atoms with Crippen LogP contribution in [0.1, 0.15) is 37.8 Å². The van der Waals surface area contributed by atoms with E-state index in [-0.39, 0.29) is 11.4 Å². The molecule has 0 atom stereocenters. The maximum atomic E-state index is 12.4. The van der Waals surface area contributed by atoms with Crippen LogP contribution in [-0.4, -0.2) is 25.7 Å². The normalized spacial score (nSPS) is 12.7. The Balaban J connectivity index is 3.07. The lowest BCUT2D eigenvalue weighted by Gasteiger charge is -2.25. The Morgan fingerprint density at radius 2 is 1.80 bits per heavy atom. The SMILES string of the molecule is CCC(O)(CC)CNS(=O)(=O)c1cc(N)cc(C)c1C. The molecule has 1 aromatic carbocycles. The Morgan fingerprint density at radius 1 is 1.25 bits per heavy atom. The van der Waals surface area contributed by atoms with Crippen molar-refractivity contribution in [3.05, 3.63) is 23.3 Å². The summed E-state index contributed by atoms with van der Waals surface area (Å²) in [4.78, 5) is 0.171. The molecular formula is C14H24N2O3S. The minimum Gasteiger partial charge on any atom is -0.399 e. The first-order valence-corrected chi connectivity index (χ1v) is 8.22. The van der Waals surface area contributed by atoms with Gasteiger partial charge in [0.2, 0.25) is 10.0 Å². The van der Waals surface area contributed by atoms with E-state index in [1.807, 2.05) is 20.8 Å². The van der Waals surface area contributed by atoms with Gasteiger partial charge in [0.25, 0.3) is 0 Å². The molecule has 114 valence electrons. The standard InChI is InChI=1S/C14H24N2O3S/c1-5-14(17,6-2)9-16-20(18,19)13-8-12(15)7-10(3)11(13)4/h7-8,16-17H,5-6,9,15H2,1-4H3. The third-order valence-corrected chi connectivity index (χ3v) is 5.37. The predicted octanol–water partition coefficient (Wildman–Crippen LogP) is 1.72. The van der Waals surface area contributed by atoms with Gasteiger partial charge in [-0.2, -0.15) is 0 Å². The Hall–Kier alpha value is -1.11. The van der Waals surface area contributed by atoms with Crippen LogP contribution in [0.3, 0.4) is 0 Å². The van der Waals surface area contributed by atoms with E-state index in [2.05, 4.69) is 4.72 Å². The fraction of sp³-hybridized carbons (Fsp3) is 0.571. The largest absolute Gasteiger partial charge is 0.399 e. The Labute approximate surface area is 121 Å².